The van der Waals surface area contributed by atoms with Gasteiger partial charge < -0.3 is 14.1 Å². The van der Waals surface area contributed by atoms with E-state index < -0.39 is 0 Å². The van der Waals surface area contributed by atoms with Gasteiger partial charge in [-0.15, -0.1) is 0 Å². The lowest BCUT2D eigenvalue weighted by Gasteiger charge is -2.33. The zero-order chi connectivity index (χ0) is 15.7. The van der Waals surface area contributed by atoms with Gasteiger partial charge in [-0.25, -0.2) is 0 Å². The zero-order valence-corrected chi connectivity index (χ0v) is 13.4. The molecule has 0 aliphatic carbocycles. The Morgan fingerprint density at radius 3 is 2.64 bits per heavy atom. The fraction of sp³-hybridized carbons (Fsp3) is 0.471. The average Bonchev–Trinajstić information content (AvgIpc) is 2.88. The molecule has 0 atom stereocenters. The molecule has 5 nitrogen and oxygen atoms in total. The molecule has 3 rings (SSSR count). The number of piperazine rings is 1. The second kappa shape index (κ2) is 6.01. The standard InChI is InChI=1S/C17H22N2O3/c1-12-8-17-15(9-16(12)21-3)14(11-22-17)10-18-4-6-19(7-5-18)13(2)20/h8-9,11H,4-7,10H2,1-3H3. The van der Waals surface area contributed by atoms with Crippen LogP contribution in [-0.4, -0.2) is 49.0 Å². The molecule has 1 amide bonds. The van der Waals surface area contributed by atoms with Crippen molar-refractivity contribution in [2.24, 2.45) is 0 Å². The molecule has 1 aliphatic heterocycles. The number of carbonyl (C=O) groups is 1. The Morgan fingerprint density at radius 1 is 1.27 bits per heavy atom. The minimum absolute atomic E-state index is 0.161. The molecule has 0 unspecified atom stereocenters. The SMILES string of the molecule is COc1cc2c(CN3CCN(C(C)=O)CC3)coc2cc1C. The Kier molecular flexibility index (Phi) is 4.07. The van der Waals surface area contributed by atoms with Gasteiger partial charge in [-0.2, -0.15) is 0 Å². The first-order valence-corrected chi connectivity index (χ1v) is 7.61. The van der Waals surface area contributed by atoms with Crippen LogP contribution in [0.25, 0.3) is 11.0 Å². The van der Waals surface area contributed by atoms with Gasteiger partial charge in [-0.05, 0) is 24.6 Å². The monoisotopic (exact) mass is 302 g/mol. The van der Waals surface area contributed by atoms with Gasteiger partial charge in [0.2, 0.25) is 5.91 Å². The van der Waals surface area contributed by atoms with Crippen molar-refractivity contribution >= 4 is 16.9 Å². The molecule has 0 bridgehead atoms. The summed E-state index contributed by atoms with van der Waals surface area (Å²) in [6, 6.07) is 4.07. The summed E-state index contributed by atoms with van der Waals surface area (Å²) < 4.78 is 11.1. The van der Waals surface area contributed by atoms with Crippen LogP contribution in [0.4, 0.5) is 0 Å². The van der Waals surface area contributed by atoms with Crippen LogP contribution in [0, 0.1) is 6.92 Å². The van der Waals surface area contributed by atoms with Crippen LogP contribution >= 0.6 is 0 Å². The Morgan fingerprint density at radius 2 is 2.00 bits per heavy atom. The fourth-order valence-corrected chi connectivity index (χ4v) is 3.01. The minimum Gasteiger partial charge on any atom is -0.496 e. The quantitative estimate of drug-likeness (QED) is 0.873. The first-order chi connectivity index (χ1) is 10.6. The second-order valence-electron chi connectivity index (χ2n) is 5.86. The van der Waals surface area contributed by atoms with Crippen LogP contribution in [0.3, 0.4) is 0 Å². The summed E-state index contributed by atoms with van der Waals surface area (Å²) in [6.07, 6.45) is 1.83. The highest BCUT2D eigenvalue weighted by Gasteiger charge is 2.20. The van der Waals surface area contributed by atoms with E-state index in [2.05, 4.69) is 11.0 Å². The number of methoxy groups -OCH3 is 1. The first-order valence-electron chi connectivity index (χ1n) is 7.61. The predicted octanol–water partition coefficient (Wildman–Crippen LogP) is 2.41. The lowest BCUT2D eigenvalue weighted by Crippen LogP contribution is -2.47. The molecule has 0 spiro atoms. The number of hydrogen-bond donors (Lipinski definition) is 0. The van der Waals surface area contributed by atoms with Crippen molar-refractivity contribution in [1.29, 1.82) is 0 Å². The van der Waals surface area contributed by atoms with E-state index in [1.54, 1.807) is 14.0 Å². The number of fused-ring (bicyclic) bond motifs is 1. The molecule has 1 aromatic carbocycles. The van der Waals surface area contributed by atoms with E-state index in [9.17, 15) is 4.79 Å². The maximum atomic E-state index is 11.4. The summed E-state index contributed by atoms with van der Waals surface area (Å²) in [5, 5.41) is 1.11. The van der Waals surface area contributed by atoms with E-state index in [0.717, 1.165) is 55.0 Å². The van der Waals surface area contributed by atoms with Crippen LogP contribution < -0.4 is 4.74 Å². The molecule has 1 aromatic heterocycles. The number of nitrogens with zero attached hydrogens (tertiary/aromatic N) is 2. The zero-order valence-electron chi connectivity index (χ0n) is 13.4. The molecular formula is C17H22N2O3. The van der Waals surface area contributed by atoms with Gasteiger partial charge in [0, 0.05) is 50.6 Å². The van der Waals surface area contributed by atoms with Crippen molar-refractivity contribution in [3.8, 4) is 5.75 Å². The molecule has 1 saturated heterocycles. The largest absolute Gasteiger partial charge is 0.496 e. The van der Waals surface area contributed by atoms with Gasteiger partial charge in [-0.3, -0.25) is 9.69 Å². The molecule has 0 saturated carbocycles. The summed E-state index contributed by atoms with van der Waals surface area (Å²) in [7, 11) is 1.69. The highest BCUT2D eigenvalue weighted by Crippen LogP contribution is 2.29. The Bertz CT molecular complexity index is 685. The van der Waals surface area contributed by atoms with Crippen molar-refractivity contribution < 1.29 is 13.9 Å². The second-order valence-corrected chi connectivity index (χ2v) is 5.86. The van der Waals surface area contributed by atoms with Crippen LogP contribution in [0.15, 0.2) is 22.8 Å². The van der Waals surface area contributed by atoms with Crippen molar-refractivity contribution in [2.75, 3.05) is 33.3 Å². The van der Waals surface area contributed by atoms with Crippen LogP contribution in [-0.2, 0) is 11.3 Å². The minimum atomic E-state index is 0.161. The lowest BCUT2D eigenvalue weighted by molar-refractivity contribution is -0.130. The number of furan rings is 1. The highest BCUT2D eigenvalue weighted by molar-refractivity contribution is 5.83. The summed E-state index contributed by atoms with van der Waals surface area (Å²) in [5.74, 6) is 1.05. The molecule has 5 heteroatoms. The predicted molar refractivity (Wildman–Crippen MR) is 85.0 cm³/mol. The molecular weight excluding hydrogens is 280 g/mol. The van der Waals surface area contributed by atoms with E-state index in [1.165, 1.54) is 5.56 Å². The Hall–Kier alpha value is -2.01. The third kappa shape index (κ3) is 2.81. The van der Waals surface area contributed by atoms with E-state index >= 15 is 0 Å². The highest BCUT2D eigenvalue weighted by atomic mass is 16.5. The third-order valence-corrected chi connectivity index (χ3v) is 4.38. The van der Waals surface area contributed by atoms with E-state index in [4.69, 9.17) is 9.15 Å². The number of rotatable bonds is 3. The van der Waals surface area contributed by atoms with Gasteiger partial charge in [-0.1, -0.05) is 0 Å². The maximum absolute atomic E-state index is 11.4. The van der Waals surface area contributed by atoms with Crippen LogP contribution in [0.2, 0.25) is 0 Å². The Balaban J connectivity index is 1.76. The topological polar surface area (TPSA) is 45.9 Å². The van der Waals surface area contributed by atoms with E-state index in [0.29, 0.717) is 0 Å². The molecule has 118 valence electrons. The van der Waals surface area contributed by atoms with Crippen LogP contribution in [0.5, 0.6) is 5.75 Å². The van der Waals surface area contributed by atoms with Gasteiger partial charge in [0.1, 0.15) is 11.3 Å². The first kappa shape index (κ1) is 14.9. The molecule has 0 radical (unpaired) electrons. The normalized spacial score (nSPS) is 16.2. The molecule has 0 N–H and O–H groups in total. The number of aryl methyl sites for hydroxylation is 1. The summed E-state index contributed by atoms with van der Waals surface area (Å²) in [4.78, 5) is 15.6. The summed E-state index contributed by atoms with van der Waals surface area (Å²) >= 11 is 0. The number of benzene rings is 1. The fourth-order valence-electron chi connectivity index (χ4n) is 3.01. The van der Waals surface area contributed by atoms with Gasteiger partial charge in [0.05, 0.1) is 13.4 Å². The lowest BCUT2D eigenvalue weighted by atomic mass is 10.1. The number of amides is 1. The smallest absolute Gasteiger partial charge is 0.219 e. The molecule has 1 fully saturated rings. The van der Waals surface area contributed by atoms with Gasteiger partial charge >= 0.3 is 0 Å². The maximum Gasteiger partial charge on any atom is 0.219 e. The Labute approximate surface area is 130 Å². The molecule has 2 heterocycles. The number of ether oxygens (including phenoxy) is 1. The molecule has 22 heavy (non-hydrogen) atoms. The van der Waals surface area contributed by atoms with Crippen molar-refractivity contribution in [2.45, 2.75) is 20.4 Å². The van der Waals surface area contributed by atoms with Crippen molar-refractivity contribution in [3.63, 3.8) is 0 Å². The van der Waals surface area contributed by atoms with Gasteiger partial charge in [0.25, 0.3) is 0 Å². The van der Waals surface area contributed by atoms with E-state index in [-0.39, 0.29) is 5.91 Å². The summed E-state index contributed by atoms with van der Waals surface area (Å²) in [5.41, 5.74) is 3.14. The van der Waals surface area contributed by atoms with E-state index in [1.807, 2.05) is 24.2 Å². The number of carbonyl (C=O) groups excluding carboxylic acids is 1. The van der Waals surface area contributed by atoms with Crippen LogP contribution in [0.1, 0.15) is 18.1 Å². The molecule has 2 aromatic rings. The molecule has 1 aliphatic rings. The van der Waals surface area contributed by atoms with Crippen molar-refractivity contribution in [1.82, 2.24) is 9.80 Å². The average molecular weight is 302 g/mol. The van der Waals surface area contributed by atoms with Gasteiger partial charge in [0.15, 0.2) is 0 Å². The third-order valence-electron chi connectivity index (χ3n) is 4.38. The number of hydrogen-bond acceptors (Lipinski definition) is 4. The van der Waals surface area contributed by atoms with Crippen molar-refractivity contribution in [3.05, 3.63) is 29.5 Å². The summed E-state index contributed by atoms with van der Waals surface area (Å²) in [6.45, 7) is 7.88.